The van der Waals surface area contributed by atoms with E-state index >= 15 is 0 Å². The minimum Gasteiger partial charge on any atom is -0.421 e. The van der Waals surface area contributed by atoms with Gasteiger partial charge in [0.15, 0.2) is 0 Å². The molecule has 0 heterocycles. The standard InChI is InChI=1S/C8H9O.Co/c1-7(9)8-5-3-2-4-6-8;/h2-7,9H,1H2;/q-1;. The summed E-state index contributed by atoms with van der Waals surface area (Å²) in [6.07, 6.45) is -0.591. The molecule has 0 aliphatic rings. The van der Waals surface area contributed by atoms with Crippen LogP contribution in [0.2, 0.25) is 0 Å². The molecule has 0 saturated carbocycles. The molecule has 57 valence electrons. The fourth-order valence-corrected chi connectivity index (χ4v) is 0.675. The maximum Gasteiger partial charge on any atom is 0 e. The smallest absolute Gasteiger partial charge is 0 e. The number of hydrogen-bond donors (Lipinski definition) is 1. The van der Waals surface area contributed by atoms with E-state index in [2.05, 4.69) is 6.92 Å². The molecule has 0 spiro atoms. The zero-order valence-corrected chi connectivity index (χ0v) is 6.49. The molecule has 0 fully saturated rings. The van der Waals surface area contributed by atoms with Gasteiger partial charge in [-0.15, -0.1) is 0 Å². The molecule has 1 atom stereocenters. The van der Waals surface area contributed by atoms with E-state index in [-0.39, 0.29) is 16.8 Å². The number of benzene rings is 1. The molecule has 0 saturated heterocycles. The maximum absolute atomic E-state index is 8.91. The van der Waals surface area contributed by atoms with Crippen LogP contribution in [0.3, 0.4) is 0 Å². The molecule has 1 aromatic rings. The van der Waals surface area contributed by atoms with E-state index in [9.17, 15) is 0 Å². The van der Waals surface area contributed by atoms with Gasteiger partial charge in [0.1, 0.15) is 0 Å². The number of hydrogen-bond acceptors (Lipinski definition) is 1. The SMILES string of the molecule is [CH2-]C(O)c1ccccc1.[Co]. The van der Waals surface area contributed by atoms with Gasteiger partial charge in [0.25, 0.3) is 0 Å². The molecule has 0 amide bonds. The van der Waals surface area contributed by atoms with Gasteiger partial charge >= 0.3 is 0 Å². The van der Waals surface area contributed by atoms with E-state index in [1.54, 1.807) is 0 Å². The van der Waals surface area contributed by atoms with Crippen LogP contribution in [-0.2, 0) is 16.8 Å². The molecule has 1 N–H and O–H groups in total. The third-order valence-electron chi connectivity index (χ3n) is 1.18. The van der Waals surface area contributed by atoms with Gasteiger partial charge in [-0.1, -0.05) is 35.9 Å². The molecule has 1 rings (SSSR count). The van der Waals surface area contributed by atoms with E-state index in [1.807, 2.05) is 30.3 Å². The second-order valence-corrected chi connectivity index (χ2v) is 1.93. The van der Waals surface area contributed by atoms with Crippen molar-refractivity contribution >= 4 is 0 Å². The molecular formula is C8H9CoO-. The summed E-state index contributed by atoms with van der Waals surface area (Å²) in [5, 5.41) is 8.91. The number of aliphatic hydroxyl groups is 1. The van der Waals surface area contributed by atoms with Gasteiger partial charge in [-0.05, 0) is 6.10 Å². The van der Waals surface area contributed by atoms with Crippen molar-refractivity contribution in [3.05, 3.63) is 42.8 Å². The van der Waals surface area contributed by atoms with E-state index in [4.69, 9.17) is 5.11 Å². The van der Waals surface area contributed by atoms with Crippen LogP contribution in [-0.4, -0.2) is 5.11 Å². The molecule has 2 heteroatoms. The second kappa shape index (κ2) is 4.49. The Morgan fingerprint density at radius 2 is 1.70 bits per heavy atom. The summed E-state index contributed by atoms with van der Waals surface area (Å²) in [7, 11) is 0. The van der Waals surface area contributed by atoms with Crippen LogP contribution >= 0.6 is 0 Å². The molecule has 0 aromatic heterocycles. The van der Waals surface area contributed by atoms with Crippen molar-refractivity contribution in [3.8, 4) is 0 Å². The Morgan fingerprint density at radius 1 is 1.20 bits per heavy atom. The first-order chi connectivity index (χ1) is 4.30. The number of aliphatic hydroxyl groups excluding tert-OH is 1. The monoisotopic (exact) mass is 180 g/mol. The molecule has 10 heavy (non-hydrogen) atoms. The molecule has 1 aromatic carbocycles. The molecule has 1 radical (unpaired) electrons. The molecule has 1 nitrogen and oxygen atoms in total. The van der Waals surface area contributed by atoms with Crippen molar-refractivity contribution < 1.29 is 21.9 Å². The Morgan fingerprint density at radius 3 is 2.00 bits per heavy atom. The van der Waals surface area contributed by atoms with Gasteiger partial charge in [0.05, 0.1) is 0 Å². The van der Waals surface area contributed by atoms with Gasteiger partial charge < -0.3 is 12.0 Å². The largest absolute Gasteiger partial charge is 0.421 e. The van der Waals surface area contributed by atoms with Crippen LogP contribution in [0, 0.1) is 6.92 Å². The normalized spacial score (nSPS) is 11.8. The molecule has 0 aliphatic heterocycles. The molecule has 1 unspecified atom stereocenters. The van der Waals surface area contributed by atoms with E-state index in [0.29, 0.717) is 0 Å². The van der Waals surface area contributed by atoms with Gasteiger partial charge in [-0.3, -0.25) is 0 Å². The average Bonchev–Trinajstić information content (AvgIpc) is 1.90. The van der Waals surface area contributed by atoms with Crippen LogP contribution in [0.15, 0.2) is 30.3 Å². The summed E-state index contributed by atoms with van der Waals surface area (Å²) in [4.78, 5) is 0. The van der Waals surface area contributed by atoms with Gasteiger partial charge in [0, 0.05) is 16.8 Å². The fourth-order valence-electron chi connectivity index (χ4n) is 0.675. The average molecular weight is 180 g/mol. The van der Waals surface area contributed by atoms with Crippen LogP contribution < -0.4 is 0 Å². The molecule has 0 aliphatic carbocycles. The topological polar surface area (TPSA) is 20.2 Å². The van der Waals surface area contributed by atoms with Crippen molar-refractivity contribution in [2.24, 2.45) is 0 Å². The van der Waals surface area contributed by atoms with Crippen molar-refractivity contribution in [3.63, 3.8) is 0 Å². The summed E-state index contributed by atoms with van der Waals surface area (Å²) in [6.45, 7) is 3.46. The first-order valence-corrected chi connectivity index (χ1v) is 2.87. The predicted molar refractivity (Wildman–Crippen MR) is 36.8 cm³/mol. The predicted octanol–water partition coefficient (Wildman–Crippen LogP) is 1.55. The zero-order chi connectivity index (χ0) is 6.69. The summed E-state index contributed by atoms with van der Waals surface area (Å²) >= 11 is 0. The number of rotatable bonds is 1. The third-order valence-corrected chi connectivity index (χ3v) is 1.18. The second-order valence-electron chi connectivity index (χ2n) is 1.93. The molecular weight excluding hydrogens is 171 g/mol. The summed E-state index contributed by atoms with van der Waals surface area (Å²) in [5.74, 6) is 0. The van der Waals surface area contributed by atoms with Crippen LogP contribution in [0.25, 0.3) is 0 Å². The zero-order valence-electron chi connectivity index (χ0n) is 5.45. The Kier molecular flexibility index (Phi) is 4.35. The van der Waals surface area contributed by atoms with Crippen LogP contribution in [0.1, 0.15) is 11.7 Å². The van der Waals surface area contributed by atoms with Crippen LogP contribution in [0.5, 0.6) is 0 Å². The van der Waals surface area contributed by atoms with Gasteiger partial charge in [-0.25, -0.2) is 0 Å². The van der Waals surface area contributed by atoms with Crippen molar-refractivity contribution in [1.29, 1.82) is 0 Å². The molecule has 0 bridgehead atoms. The van der Waals surface area contributed by atoms with Gasteiger partial charge in [0.2, 0.25) is 0 Å². The van der Waals surface area contributed by atoms with E-state index in [0.717, 1.165) is 5.56 Å². The Bertz CT molecular complexity index is 172. The van der Waals surface area contributed by atoms with E-state index < -0.39 is 6.10 Å². The Hall–Kier alpha value is -0.314. The van der Waals surface area contributed by atoms with Crippen LogP contribution in [0.4, 0.5) is 0 Å². The Labute approximate surface area is 71.3 Å². The quantitative estimate of drug-likeness (QED) is 0.650. The minimum atomic E-state index is -0.591. The summed E-state index contributed by atoms with van der Waals surface area (Å²) in [6, 6.07) is 9.36. The van der Waals surface area contributed by atoms with E-state index in [1.165, 1.54) is 0 Å². The third kappa shape index (κ3) is 2.52. The maximum atomic E-state index is 8.91. The van der Waals surface area contributed by atoms with Crippen molar-refractivity contribution in [1.82, 2.24) is 0 Å². The first-order valence-electron chi connectivity index (χ1n) is 2.87. The summed E-state index contributed by atoms with van der Waals surface area (Å²) < 4.78 is 0. The Balaban J connectivity index is 0.000000810. The van der Waals surface area contributed by atoms with Crippen molar-refractivity contribution in [2.75, 3.05) is 0 Å². The summed E-state index contributed by atoms with van der Waals surface area (Å²) in [5.41, 5.74) is 0.859. The van der Waals surface area contributed by atoms with Gasteiger partial charge in [-0.2, -0.15) is 0 Å². The first kappa shape index (κ1) is 9.69. The van der Waals surface area contributed by atoms with Crippen molar-refractivity contribution in [2.45, 2.75) is 6.10 Å². The fraction of sp³-hybridized carbons (Fsp3) is 0.125. The minimum absolute atomic E-state index is 0.